The number of aryl methyl sites for hydroxylation is 1. The van der Waals surface area contributed by atoms with Crippen LogP contribution in [0.5, 0.6) is 5.75 Å². The number of nitrogens with zero attached hydrogens (tertiary/aromatic N) is 2. The van der Waals surface area contributed by atoms with Gasteiger partial charge < -0.3 is 4.74 Å². The fourth-order valence-electron chi connectivity index (χ4n) is 1.50. The maximum absolute atomic E-state index is 11.2. The van der Waals surface area contributed by atoms with Gasteiger partial charge in [-0.2, -0.15) is 5.10 Å². The average molecular weight is 275 g/mol. The van der Waals surface area contributed by atoms with Crippen molar-refractivity contribution < 1.29 is 13.2 Å². The van der Waals surface area contributed by atoms with E-state index in [9.17, 15) is 8.42 Å². The summed E-state index contributed by atoms with van der Waals surface area (Å²) < 4.78 is 29.6. The molecule has 0 saturated heterocycles. The third-order valence-electron chi connectivity index (χ3n) is 2.79. The largest absolute Gasteiger partial charge is 0.490 e. The topological polar surface area (TPSA) is 87.2 Å². The lowest BCUT2D eigenvalue weighted by Gasteiger charge is -2.29. The minimum absolute atomic E-state index is 0.0865. The lowest BCUT2D eigenvalue weighted by Crippen LogP contribution is -2.35. The Morgan fingerprint density at radius 2 is 2.11 bits per heavy atom. The quantitative estimate of drug-likeness (QED) is 0.859. The zero-order valence-corrected chi connectivity index (χ0v) is 12.1. The maximum atomic E-state index is 11.2. The second-order valence-corrected chi connectivity index (χ2v) is 7.21. The molecule has 6 nitrogen and oxygen atoms in total. The predicted octanol–water partition coefficient (Wildman–Crippen LogP) is 0.750. The van der Waals surface area contributed by atoms with Crippen LogP contribution in [-0.2, 0) is 17.1 Å². The Morgan fingerprint density at radius 1 is 1.50 bits per heavy atom. The summed E-state index contributed by atoms with van der Waals surface area (Å²) in [5, 5.41) is 9.09. The van der Waals surface area contributed by atoms with Gasteiger partial charge in [0.1, 0.15) is 0 Å². The number of hydrogen-bond acceptors (Lipinski definition) is 4. The van der Waals surface area contributed by atoms with Crippen LogP contribution >= 0.6 is 0 Å². The van der Waals surface area contributed by atoms with Gasteiger partial charge in [0.25, 0.3) is 0 Å². The van der Waals surface area contributed by atoms with Crippen LogP contribution in [0.1, 0.15) is 20.8 Å². The molecular weight excluding hydrogens is 254 g/mol. The number of primary sulfonamides is 1. The van der Waals surface area contributed by atoms with Crippen LogP contribution in [0.4, 0.5) is 0 Å². The molecular formula is C11H21N3O3S. The van der Waals surface area contributed by atoms with Crippen molar-refractivity contribution in [2.45, 2.75) is 20.8 Å². The summed E-state index contributed by atoms with van der Waals surface area (Å²) in [5.41, 5.74) is -0.200. The van der Waals surface area contributed by atoms with Crippen LogP contribution in [0.2, 0.25) is 0 Å². The highest BCUT2D eigenvalue weighted by atomic mass is 32.2. The van der Waals surface area contributed by atoms with E-state index in [-0.39, 0.29) is 17.1 Å². The van der Waals surface area contributed by atoms with Gasteiger partial charge in [0.2, 0.25) is 10.0 Å². The highest BCUT2D eigenvalue weighted by Crippen LogP contribution is 2.27. The number of nitrogens with two attached hydrogens (primary N) is 1. The van der Waals surface area contributed by atoms with Crippen molar-refractivity contribution in [2.75, 3.05) is 12.4 Å². The Balaban J connectivity index is 2.68. The van der Waals surface area contributed by atoms with E-state index in [0.717, 1.165) is 0 Å². The molecule has 0 aliphatic rings. The number of sulfonamides is 1. The molecule has 104 valence electrons. The molecule has 18 heavy (non-hydrogen) atoms. The Hall–Kier alpha value is -1.08. The molecule has 0 aliphatic carbocycles. The molecule has 0 fully saturated rings. The number of aromatic nitrogens is 2. The van der Waals surface area contributed by atoms with Gasteiger partial charge in [-0.15, -0.1) is 0 Å². The van der Waals surface area contributed by atoms with Crippen LogP contribution in [0.3, 0.4) is 0 Å². The summed E-state index contributed by atoms with van der Waals surface area (Å²) in [6.07, 6.45) is 3.33. The van der Waals surface area contributed by atoms with Gasteiger partial charge in [-0.25, -0.2) is 13.6 Å². The molecule has 0 saturated carbocycles. The summed E-state index contributed by atoms with van der Waals surface area (Å²) in [5.74, 6) is 0.366. The molecule has 7 heteroatoms. The molecule has 0 bridgehead atoms. The predicted molar refractivity (Wildman–Crippen MR) is 69.6 cm³/mol. The average Bonchev–Trinajstić information content (AvgIpc) is 2.55. The highest BCUT2D eigenvalue weighted by Gasteiger charge is 2.29. The van der Waals surface area contributed by atoms with Gasteiger partial charge in [0.05, 0.1) is 24.8 Å². The molecule has 0 spiro atoms. The van der Waals surface area contributed by atoms with Gasteiger partial charge >= 0.3 is 0 Å². The standard InChI is InChI=1S/C11H21N3O3S/c1-11(2,3)9(8-18(12,15)16)7-17-10-5-13-14(4)6-10/h5-6,9H,7-8H2,1-4H3,(H2,12,15,16). The molecule has 1 atom stereocenters. The van der Waals surface area contributed by atoms with Gasteiger partial charge in [-0.1, -0.05) is 20.8 Å². The van der Waals surface area contributed by atoms with E-state index < -0.39 is 10.0 Å². The Bertz CT molecular complexity index is 488. The molecule has 0 amide bonds. The third kappa shape index (κ3) is 5.05. The van der Waals surface area contributed by atoms with E-state index >= 15 is 0 Å². The van der Waals surface area contributed by atoms with E-state index in [2.05, 4.69) is 5.10 Å². The second-order valence-electron chi connectivity index (χ2n) is 5.55. The van der Waals surface area contributed by atoms with E-state index in [4.69, 9.17) is 9.88 Å². The molecule has 0 aromatic carbocycles. The van der Waals surface area contributed by atoms with Gasteiger partial charge in [-0.05, 0) is 5.41 Å². The fraction of sp³-hybridized carbons (Fsp3) is 0.727. The molecule has 1 aromatic rings. The summed E-state index contributed by atoms with van der Waals surface area (Å²) >= 11 is 0. The van der Waals surface area contributed by atoms with E-state index in [1.165, 1.54) is 0 Å². The first-order chi connectivity index (χ1) is 8.08. The van der Waals surface area contributed by atoms with Crippen LogP contribution < -0.4 is 9.88 Å². The van der Waals surface area contributed by atoms with E-state index in [1.807, 2.05) is 20.8 Å². The van der Waals surface area contributed by atoms with Crippen LogP contribution in [0.25, 0.3) is 0 Å². The van der Waals surface area contributed by atoms with Crippen molar-refractivity contribution >= 4 is 10.0 Å². The summed E-state index contributed by atoms with van der Waals surface area (Å²) in [6, 6.07) is 0. The normalized spacial score (nSPS) is 14.5. The Labute approximate surface area is 108 Å². The highest BCUT2D eigenvalue weighted by molar-refractivity contribution is 7.89. The zero-order chi connectivity index (χ0) is 14.0. The summed E-state index contributed by atoms with van der Waals surface area (Å²) in [6.45, 7) is 6.20. The Kier molecular flexibility index (Phi) is 4.39. The second kappa shape index (κ2) is 5.27. The third-order valence-corrected chi connectivity index (χ3v) is 3.66. The van der Waals surface area contributed by atoms with Crippen molar-refractivity contribution in [3.05, 3.63) is 12.4 Å². The molecule has 1 unspecified atom stereocenters. The minimum Gasteiger partial charge on any atom is -0.490 e. The number of rotatable bonds is 5. The number of ether oxygens (including phenoxy) is 1. The lowest BCUT2D eigenvalue weighted by molar-refractivity contribution is 0.163. The van der Waals surface area contributed by atoms with Gasteiger partial charge in [0, 0.05) is 13.0 Å². The first kappa shape index (κ1) is 15.0. The molecule has 1 heterocycles. The zero-order valence-electron chi connectivity index (χ0n) is 11.3. The SMILES string of the molecule is Cn1cc(OCC(CS(N)(=O)=O)C(C)(C)C)cn1. The summed E-state index contributed by atoms with van der Waals surface area (Å²) in [4.78, 5) is 0. The minimum atomic E-state index is -3.51. The van der Waals surface area contributed by atoms with Crippen molar-refractivity contribution in [1.29, 1.82) is 0 Å². The number of hydrogen-bond donors (Lipinski definition) is 1. The first-order valence-corrected chi connectivity index (χ1v) is 7.41. The van der Waals surface area contributed by atoms with Gasteiger partial charge in [0.15, 0.2) is 5.75 Å². The van der Waals surface area contributed by atoms with Crippen molar-refractivity contribution in [1.82, 2.24) is 9.78 Å². The molecule has 1 aromatic heterocycles. The lowest BCUT2D eigenvalue weighted by atomic mass is 9.82. The summed E-state index contributed by atoms with van der Waals surface area (Å²) in [7, 11) is -1.72. The smallest absolute Gasteiger partial charge is 0.209 e. The monoisotopic (exact) mass is 275 g/mol. The van der Waals surface area contributed by atoms with Gasteiger partial charge in [-0.3, -0.25) is 4.68 Å². The van der Waals surface area contributed by atoms with E-state index in [0.29, 0.717) is 12.4 Å². The fourth-order valence-corrected chi connectivity index (χ4v) is 2.66. The van der Waals surface area contributed by atoms with Crippen LogP contribution in [0, 0.1) is 11.3 Å². The van der Waals surface area contributed by atoms with Crippen molar-refractivity contribution in [2.24, 2.45) is 23.5 Å². The van der Waals surface area contributed by atoms with Crippen molar-refractivity contribution in [3.63, 3.8) is 0 Å². The molecule has 0 radical (unpaired) electrons. The Morgan fingerprint density at radius 3 is 2.50 bits per heavy atom. The van der Waals surface area contributed by atoms with Crippen LogP contribution in [-0.4, -0.2) is 30.6 Å². The maximum Gasteiger partial charge on any atom is 0.209 e. The van der Waals surface area contributed by atoms with E-state index in [1.54, 1.807) is 24.1 Å². The van der Waals surface area contributed by atoms with Crippen molar-refractivity contribution in [3.8, 4) is 5.75 Å². The molecule has 2 N–H and O–H groups in total. The first-order valence-electron chi connectivity index (χ1n) is 5.70. The molecule has 0 aliphatic heterocycles. The molecule has 1 rings (SSSR count). The van der Waals surface area contributed by atoms with Crippen LogP contribution in [0.15, 0.2) is 12.4 Å².